The number of nitrogens with two attached hydrogens (primary N) is 1. The number of hydrogen-bond acceptors (Lipinski definition) is 9. The van der Waals surface area contributed by atoms with Gasteiger partial charge in [-0.2, -0.15) is 5.48 Å². The molecule has 1 atom stereocenters. The molecule has 0 unspecified atom stereocenters. The average Bonchev–Trinajstić information content (AvgIpc) is 3.06. The van der Waals surface area contributed by atoms with E-state index in [1.807, 2.05) is 30.3 Å². The molecule has 0 heterocycles. The predicted octanol–water partition coefficient (Wildman–Crippen LogP) is 2.17. The number of aryl methyl sites for hydroxylation is 2. The molecule has 12 nitrogen and oxygen atoms in total. The Labute approximate surface area is 272 Å². The van der Waals surface area contributed by atoms with Crippen LogP contribution in [0.25, 0.3) is 0 Å². The summed E-state index contributed by atoms with van der Waals surface area (Å²) in [6.07, 6.45) is 5.90. The molecule has 0 aliphatic carbocycles. The first-order valence-electron chi connectivity index (χ1n) is 15.9. The van der Waals surface area contributed by atoms with Gasteiger partial charge in [-0.25, -0.2) is 4.79 Å². The van der Waals surface area contributed by atoms with Crippen LogP contribution in [0.5, 0.6) is 0 Å². The van der Waals surface area contributed by atoms with Crippen molar-refractivity contribution >= 4 is 23.7 Å². The van der Waals surface area contributed by atoms with Crippen molar-refractivity contribution in [2.45, 2.75) is 63.8 Å². The molecule has 2 aromatic carbocycles. The zero-order chi connectivity index (χ0) is 33.2. The maximum atomic E-state index is 12.2. The van der Waals surface area contributed by atoms with Crippen molar-refractivity contribution in [3.05, 3.63) is 71.3 Å². The first-order chi connectivity index (χ1) is 22.4. The van der Waals surface area contributed by atoms with Crippen molar-refractivity contribution in [3.63, 3.8) is 0 Å². The van der Waals surface area contributed by atoms with Crippen LogP contribution >= 0.6 is 0 Å². The number of amides is 3. The van der Waals surface area contributed by atoms with Gasteiger partial charge in [0.2, 0.25) is 11.8 Å². The maximum Gasteiger partial charge on any atom is 0.334 e. The van der Waals surface area contributed by atoms with Gasteiger partial charge in [-0.1, -0.05) is 54.6 Å². The van der Waals surface area contributed by atoms with Crippen LogP contribution in [0.1, 0.15) is 55.2 Å². The number of methoxy groups -OCH3 is 1. The molecule has 0 fully saturated rings. The predicted molar refractivity (Wildman–Crippen MR) is 173 cm³/mol. The fraction of sp³-hybridized carbons (Fsp3) is 0.529. The van der Waals surface area contributed by atoms with Crippen molar-refractivity contribution in [1.29, 1.82) is 0 Å². The third-order valence-electron chi connectivity index (χ3n) is 6.96. The van der Waals surface area contributed by atoms with E-state index < -0.39 is 17.9 Å². The first-order valence-corrected chi connectivity index (χ1v) is 15.9. The van der Waals surface area contributed by atoms with Crippen LogP contribution in [0.4, 0.5) is 0 Å². The smallest absolute Gasteiger partial charge is 0.334 e. The van der Waals surface area contributed by atoms with Crippen LogP contribution in [0, 0.1) is 0 Å². The highest BCUT2D eigenvalue weighted by Crippen LogP contribution is 2.11. The van der Waals surface area contributed by atoms with Gasteiger partial charge < -0.3 is 35.4 Å². The van der Waals surface area contributed by atoms with E-state index in [0.717, 1.165) is 31.2 Å². The summed E-state index contributed by atoms with van der Waals surface area (Å²) < 4.78 is 15.3. The molecule has 0 aromatic heterocycles. The van der Waals surface area contributed by atoms with Gasteiger partial charge in [0, 0.05) is 20.2 Å². The lowest BCUT2D eigenvalue weighted by Gasteiger charge is -2.12. The maximum absolute atomic E-state index is 12.2. The van der Waals surface area contributed by atoms with Gasteiger partial charge in [0.05, 0.1) is 45.3 Å². The lowest BCUT2D eigenvalue weighted by atomic mass is 10.0. The second-order valence-electron chi connectivity index (χ2n) is 10.8. The van der Waals surface area contributed by atoms with Crippen molar-refractivity contribution in [1.82, 2.24) is 16.1 Å². The summed E-state index contributed by atoms with van der Waals surface area (Å²) in [6, 6.07) is 17.5. The van der Waals surface area contributed by atoms with E-state index in [1.54, 1.807) is 7.11 Å². The summed E-state index contributed by atoms with van der Waals surface area (Å²) in [5.41, 5.74) is 11.5. The number of rotatable bonds is 24. The first kappa shape index (κ1) is 38.3. The number of carbonyl (C=O) groups excluding carboxylic acids is 4. The minimum Gasteiger partial charge on any atom is -0.382 e. The Morgan fingerprint density at radius 1 is 0.717 bits per heavy atom. The molecular weight excluding hydrogens is 592 g/mol. The molecule has 2 aromatic rings. The minimum absolute atomic E-state index is 0.0293. The molecule has 12 heteroatoms. The standard InChI is InChI=1S/C34H50N4O8/c1-43-21-22-44-23-24-45-26-32(40)36-19-8-7-13-30(35)34(42)37-20-18-33(41)46-38-31(39)25-29-16-14-28(15-17-29)12-6-5-11-27-9-3-2-4-10-27/h2-4,9-10,14-17,30H,5-8,11-13,18-26,35H2,1H3,(H,36,40)(H,37,42)(H,38,39)/t30-/m0/s1. The highest BCUT2D eigenvalue weighted by atomic mass is 16.7. The van der Waals surface area contributed by atoms with E-state index >= 15 is 0 Å². The van der Waals surface area contributed by atoms with Crippen LogP contribution in [0.3, 0.4) is 0 Å². The molecule has 0 radical (unpaired) electrons. The Morgan fingerprint density at radius 3 is 2.09 bits per heavy atom. The fourth-order valence-corrected chi connectivity index (χ4v) is 4.36. The van der Waals surface area contributed by atoms with Crippen molar-refractivity contribution < 1.29 is 38.2 Å². The topological polar surface area (TPSA) is 167 Å². The number of ether oxygens (including phenoxy) is 3. The van der Waals surface area contributed by atoms with Gasteiger partial charge in [-0.05, 0) is 61.6 Å². The Balaban J connectivity index is 1.46. The third-order valence-corrected chi connectivity index (χ3v) is 6.96. The van der Waals surface area contributed by atoms with Gasteiger partial charge in [-0.15, -0.1) is 0 Å². The van der Waals surface area contributed by atoms with E-state index in [4.69, 9.17) is 24.8 Å². The highest BCUT2D eigenvalue weighted by molar-refractivity contribution is 5.82. The number of hydroxylamine groups is 1. The molecule has 0 aliphatic rings. The fourth-order valence-electron chi connectivity index (χ4n) is 4.36. The molecule has 0 saturated heterocycles. The van der Waals surface area contributed by atoms with Crippen LogP contribution in [0.2, 0.25) is 0 Å². The van der Waals surface area contributed by atoms with Gasteiger partial charge in [0.1, 0.15) is 6.61 Å². The van der Waals surface area contributed by atoms with Crippen LogP contribution in [-0.4, -0.2) is 83.0 Å². The summed E-state index contributed by atoms with van der Waals surface area (Å²) >= 11 is 0. The van der Waals surface area contributed by atoms with Gasteiger partial charge >= 0.3 is 5.97 Å². The highest BCUT2D eigenvalue weighted by Gasteiger charge is 2.14. The van der Waals surface area contributed by atoms with Crippen molar-refractivity contribution in [3.8, 4) is 0 Å². The molecule has 0 bridgehead atoms. The Bertz CT molecular complexity index is 1150. The summed E-state index contributed by atoms with van der Waals surface area (Å²) in [5, 5.41) is 5.34. The summed E-state index contributed by atoms with van der Waals surface area (Å²) in [5.74, 6) is -1.73. The Hall–Kier alpha value is -3.84. The lowest BCUT2D eigenvalue weighted by Crippen LogP contribution is -2.41. The average molecular weight is 643 g/mol. The molecule has 3 amide bonds. The second kappa shape index (κ2) is 24.4. The normalized spacial score (nSPS) is 11.4. The number of benzene rings is 2. The molecule has 0 saturated carbocycles. The zero-order valence-electron chi connectivity index (χ0n) is 26.9. The molecule has 0 aliphatic heterocycles. The molecule has 5 N–H and O–H groups in total. The monoisotopic (exact) mass is 642 g/mol. The van der Waals surface area contributed by atoms with E-state index in [2.05, 4.69) is 40.4 Å². The minimum atomic E-state index is -0.742. The molecule has 254 valence electrons. The van der Waals surface area contributed by atoms with Crippen LogP contribution in [-0.2, 0) is 57.5 Å². The lowest BCUT2D eigenvalue weighted by molar-refractivity contribution is -0.158. The molecule has 46 heavy (non-hydrogen) atoms. The van der Waals surface area contributed by atoms with Crippen molar-refractivity contribution in [2.24, 2.45) is 5.73 Å². The Morgan fingerprint density at radius 2 is 1.37 bits per heavy atom. The number of carbonyl (C=O) groups is 4. The SMILES string of the molecule is COCCOCCOCC(=O)NCCCC[C@H](N)C(=O)NCCC(=O)ONC(=O)Cc1ccc(CCCCc2ccccc2)cc1. The number of nitrogens with one attached hydrogen (secondary N) is 3. The number of hydrogen-bond donors (Lipinski definition) is 4. The summed E-state index contributed by atoms with van der Waals surface area (Å²) in [7, 11) is 1.59. The summed E-state index contributed by atoms with van der Waals surface area (Å²) in [4.78, 5) is 52.9. The van der Waals surface area contributed by atoms with Gasteiger partial charge in [0.25, 0.3) is 5.91 Å². The van der Waals surface area contributed by atoms with Gasteiger partial charge in [-0.3, -0.25) is 14.4 Å². The van der Waals surface area contributed by atoms with Crippen LogP contribution in [0.15, 0.2) is 54.6 Å². The molecule has 2 rings (SSSR count). The van der Waals surface area contributed by atoms with E-state index in [1.165, 1.54) is 11.1 Å². The zero-order valence-corrected chi connectivity index (χ0v) is 26.9. The van der Waals surface area contributed by atoms with E-state index in [9.17, 15) is 19.2 Å². The third kappa shape index (κ3) is 18.8. The van der Waals surface area contributed by atoms with E-state index in [0.29, 0.717) is 52.2 Å². The second-order valence-corrected chi connectivity index (χ2v) is 10.8. The van der Waals surface area contributed by atoms with Gasteiger partial charge in [0.15, 0.2) is 0 Å². The number of unbranched alkanes of at least 4 members (excludes halogenated alkanes) is 2. The van der Waals surface area contributed by atoms with E-state index in [-0.39, 0.29) is 37.8 Å². The Kier molecular flexibility index (Phi) is 20.3. The van der Waals surface area contributed by atoms with Crippen molar-refractivity contribution in [2.75, 3.05) is 53.2 Å². The molecular formula is C34H50N4O8. The van der Waals surface area contributed by atoms with Crippen LogP contribution < -0.4 is 21.8 Å². The summed E-state index contributed by atoms with van der Waals surface area (Å²) in [6.45, 7) is 2.12. The molecule has 0 spiro atoms. The quantitative estimate of drug-likeness (QED) is 0.0991. The largest absolute Gasteiger partial charge is 0.382 e.